The molecule has 0 atom stereocenters. The molecule has 0 aliphatic carbocycles. The lowest BCUT2D eigenvalue weighted by Crippen LogP contribution is -2.41. The molecule has 0 N–H and O–H groups in total. The van der Waals surface area contributed by atoms with Crippen molar-refractivity contribution in [3.63, 3.8) is 0 Å². The van der Waals surface area contributed by atoms with Crippen LogP contribution in [-0.2, 0) is 9.31 Å². The van der Waals surface area contributed by atoms with Crippen LogP contribution in [0.1, 0.15) is 38.8 Å². The van der Waals surface area contributed by atoms with Crippen LogP contribution >= 0.6 is 0 Å². The molecule has 0 bridgehead atoms. The van der Waals surface area contributed by atoms with Crippen molar-refractivity contribution in [1.82, 2.24) is 0 Å². The zero-order valence-electron chi connectivity index (χ0n) is 21.4. The lowest BCUT2D eigenvalue weighted by atomic mass is 9.77. The molecule has 5 aromatic carbocycles. The molecule has 1 fully saturated rings. The summed E-state index contributed by atoms with van der Waals surface area (Å²) in [6.45, 7) is 12.8. The lowest BCUT2D eigenvalue weighted by Gasteiger charge is -2.32. The smallest absolute Gasteiger partial charge is 0.399 e. The highest BCUT2D eigenvalue weighted by atomic mass is 16.7. The predicted octanol–water partition coefficient (Wildman–Crippen LogP) is 7.73. The third-order valence-corrected chi connectivity index (χ3v) is 8.16. The van der Waals surface area contributed by atoms with Crippen LogP contribution in [-0.4, -0.2) is 18.3 Å². The van der Waals surface area contributed by atoms with Crippen LogP contribution < -0.4 is 5.46 Å². The summed E-state index contributed by atoms with van der Waals surface area (Å²) in [6.07, 6.45) is 0. The highest BCUT2D eigenvalue weighted by molar-refractivity contribution is 6.62. The van der Waals surface area contributed by atoms with E-state index in [1.54, 1.807) is 0 Å². The van der Waals surface area contributed by atoms with Gasteiger partial charge >= 0.3 is 7.12 Å². The Morgan fingerprint density at radius 3 is 1.49 bits per heavy atom. The SMILES string of the molecule is Cc1cc(B2OC(C)(C)C(C)(C)O2)ccc1-c1cc2c3ccccc3c3ccccc3c2cc1C. The number of rotatable bonds is 2. The Labute approximate surface area is 208 Å². The van der Waals surface area contributed by atoms with Gasteiger partial charge in [-0.1, -0.05) is 72.8 Å². The topological polar surface area (TPSA) is 18.5 Å². The van der Waals surface area contributed by atoms with Crippen molar-refractivity contribution in [3.05, 3.63) is 90.0 Å². The summed E-state index contributed by atoms with van der Waals surface area (Å²) in [5, 5.41) is 7.84. The Bertz CT molecular complexity index is 1610. The van der Waals surface area contributed by atoms with Crippen LogP contribution in [0.15, 0.2) is 78.9 Å². The first-order valence-corrected chi connectivity index (χ1v) is 12.5. The molecule has 0 radical (unpaired) electrons. The minimum Gasteiger partial charge on any atom is -0.399 e. The number of fused-ring (bicyclic) bond motifs is 6. The second kappa shape index (κ2) is 7.68. The number of aryl methyl sites for hydroxylation is 2. The first-order chi connectivity index (χ1) is 16.7. The van der Waals surface area contributed by atoms with Crippen molar-refractivity contribution >= 4 is 44.9 Å². The van der Waals surface area contributed by atoms with Crippen LogP contribution in [0.25, 0.3) is 43.4 Å². The molecule has 1 aliphatic rings. The van der Waals surface area contributed by atoms with Crippen LogP contribution in [0, 0.1) is 13.8 Å². The van der Waals surface area contributed by atoms with Crippen molar-refractivity contribution in [2.45, 2.75) is 52.7 Å². The van der Waals surface area contributed by atoms with Crippen molar-refractivity contribution in [3.8, 4) is 11.1 Å². The van der Waals surface area contributed by atoms with Crippen LogP contribution in [0.2, 0.25) is 0 Å². The Morgan fingerprint density at radius 1 is 0.514 bits per heavy atom. The fraction of sp³-hybridized carbons (Fsp3) is 0.250. The van der Waals surface area contributed by atoms with E-state index in [1.807, 2.05) is 0 Å². The van der Waals surface area contributed by atoms with Crippen molar-refractivity contribution < 1.29 is 9.31 Å². The quantitative estimate of drug-likeness (QED) is 0.199. The first-order valence-electron chi connectivity index (χ1n) is 12.5. The highest BCUT2D eigenvalue weighted by Crippen LogP contribution is 2.40. The minimum atomic E-state index is -0.347. The zero-order valence-corrected chi connectivity index (χ0v) is 21.4. The van der Waals surface area contributed by atoms with Crippen LogP contribution in [0.4, 0.5) is 0 Å². The van der Waals surface area contributed by atoms with Gasteiger partial charge in [-0.2, -0.15) is 0 Å². The van der Waals surface area contributed by atoms with Crippen molar-refractivity contribution in [2.75, 3.05) is 0 Å². The summed E-state index contributed by atoms with van der Waals surface area (Å²) >= 11 is 0. The third kappa shape index (κ3) is 3.41. The maximum Gasteiger partial charge on any atom is 0.494 e. The molecule has 5 aromatic rings. The number of benzene rings is 5. The minimum absolute atomic E-state index is 0.344. The molecular weight excluding hydrogens is 427 g/mol. The van der Waals surface area contributed by atoms with Crippen LogP contribution in [0.5, 0.6) is 0 Å². The summed E-state index contributed by atoms with van der Waals surface area (Å²) < 4.78 is 12.6. The first kappa shape index (κ1) is 22.3. The van der Waals surface area contributed by atoms with Crippen molar-refractivity contribution in [1.29, 1.82) is 0 Å². The van der Waals surface area contributed by atoms with E-state index in [9.17, 15) is 0 Å². The molecule has 3 heteroatoms. The summed E-state index contributed by atoms with van der Waals surface area (Å²) in [5.74, 6) is 0. The Kier molecular flexibility index (Phi) is 4.90. The molecule has 0 aromatic heterocycles. The van der Waals surface area contributed by atoms with Gasteiger partial charge in [0.05, 0.1) is 11.2 Å². The number of hydrogen-bond acceptors (Lipinski definition) is 2. The summed E-state index contributed by atoms with van der Waals surface area (Å²) in [6, 6.07) is 28.9. The second-order valence-corrected chi connectivity index (χ2v) is 11.0. The molecule has 2 nitrogen and oxygen atoms in total. The van der Waals surface area contributed by atoms with E-state index < -0.39 is 0 Å². The fourth-order valence-corrected chi connectivity index (χ4v) is 5.46. The fourth-order valence-electron chi connectivity index (χ4n) is 5.46. The predicted molar refractivity (Wildman–Crippen MR) is 150 cm³/mol. The van der Waals surface area contributed by atoms with E-state index in [2.05, 4.69) is 120 Å². The molecule has 1 heterocycles. The van der Waals surface area contributed by atoms with E-state index in [0.29, 0.717) is 0 Å². The van der Waals surface area contributed by atoms with Gasteiger partial charge in [-0.15, -0.1) is 0 Å². The summed E-state index contributed by atoms with van der Waals surface area (Å²) in [7, 11) is -0.347. The highest BCUT2D eigenvalue weighted by Gasteiger charge is 2.51. The van der Waals surface area contributed by atoms with E-state index in [1.165, 1.54) is 54.6 Å². The summed E-state index contributed by atoms with van der Waals surface area (Å²) in [4.78, 5) is 0. The van der Waals surface area contributed by atoms with E-state index in [0.717, 1.165) is 5.46 Å². The molecule has 35 heavy (non-hydrogen) atoms. The third-order valence-electron chi connectivity index (χ3n) is 8.16. The monoisotopic (exact) mass is 458 g/mol. The van der Waals surface area contributed by atoms with Crippen molar-refractivity contribution in [2.24, 2.45) is 0 Å². The van der Waals surface area contributed by atoms with Gasteiger partial charge in [0, 0.05) is 0 Å². The molecule has 174 valence electrons. The second-order valence-electron chi connectivity index (χ2n) is 11.0. The average molecular weight is 458 g/mol. The van der Waals surface area contributed by atoms with E-state index in [4.69, 9.17) is 9.31 Å². The average Bonchev–Trinajstić information content (AvgIpc) is 3.06. The Morgan fingerprint density at radius 2 is 0.971 bits per heavy atom. The lowest BCUT2D eigenvalue weighted by molar-refractivity contribution is 0.00578. The van der Waals surface area contributed by atoms with Gasteiger partial charge in [0.2, 0.25) is 0 Å². The molecule has 0 amide bonds. The van der Waals surface area contributed by atoms with Gasteiger partial charge in [0.1, 0.15) is 0 Å². The van der Waals surface area contributed by atoms with Gasteiger partial charge < -0.3 is 9.31 Å². The van der Waals surface area contributed by atoms with Crippen LogP contribution in [0.3, 0.4) is 0 Å². The zero-order chi connectivity index (χ0) is 24.5. The summed E-state index contributed by atoms with van der Waals surface area (Å²) in [5.41, 5.74) is 5.42. The molecule has 1 saturated heterocycles. The van der Waals surface area contributed by atoms with Gasteiger partial charge in [-0.25, -0.2) is 0 Å². The van der Waals surface area contributed by atoms with Gasteiger partial charge in [0.15, 0.2) is 0 Å². The Hall–Kier alpha value is -3.14. The molecular formula is C32H31BO2. The largest absolute Gasteiger partial charge is 0.494 e. The molecule has 0 unspecified atom stereocenters. The van der Waals surface area contributed by atoms with Gasteiger partial charge in [-0.05, 0) is 108 Å². The Balaban J connectivity index is 1.51. The van der Waals surface area contributed by atoms with E-state index >= 15 is 0 Å². The normalized spacial score (nSPS) is 17.0. The molecule has 0 spiro atoms. The van der Waals surface area contributed by atoms with Gasteiger partial charge in [0.25, 0.3) is 0 Å². The van der Waals surface area contributed by atoms with Gasteiger partial charge in [-0.3, -0.25) is 0 Å². The maximum absolute atomic E-state index is 6.30. The van der Waals surface area contributed by atoms with E-state index in [-0.39, 0.29) is 18.3 Å². The standard InChI is InChI=1S/C32H31BO2/c1-20-17-22(33-34-31(3,4)32(5,6)35-33)15-16-23(20)28-19-30-27-14-10-8-12-25(27)24-11-7-9-13-26(24)29(30)18-21(28)2/h7-19H,1-6H3. The maximum atomic E-state index is 6.30. The molecule has 0 saturated carbocycles. The molecule has 1 aliphatic heterocycles. The molecule has 6 rings (SSSR count). The number of hydrogen-bond donors (Lipinski definition) is 0.